The fourth-order valence-corrected chi connectivity index (χ4v) is 7.23. The van der Waals surface area contributed by atoms with Gasteiger partial charge in [0.05, 0.1) is 0 Å². The lowest BCUT2D eigenvalue weighted by atomic mass is 9.50. The molecule has 0 N–H and O–H groups in total. The first-order valence-electron chi connectivity index (χ1n) is 14.2. The van der Waals surface area contributed by atoms with Crippen LogP contribution in [0.3, 0.4) is 0 Å². The van der Waals surface area contributed by atoms with Gasteiger partial charge in [0.15, 0.2) is 0 Å². The van der Waals surface area contributed by atoms with E-state index >= 15 is 0 Å². The maximum Gasteiger partial charge on any atom is 0.0175 e. The molecule has 3 saturated carbocycles. The molecule has 0 saturated heterocycles. The Hall–Kier alpha value is -2.90. The lowest BCUT2D eigenvalue weighted by Gasteiger charge is -2.54. The summed E-state index contributed by atoms with van der Waals surface area (Å²) in [4.78, 5) is 0. The Kier molecular flexibility index (Phi) is 6.91. The standard InChI is InChI=1S/C37H37Br/c1-27-3-6-29(7-4-27)8-5-28(2)30-9-11-31(12-10-30)32-13-15-33(16-14-32)36-21-24-37(25-22-36,26-23-36)34-17-19-35(38)20-18-34/h3-4,6-7,9-20H,2,5,8,21-26H2,1H3. The largest absolute Gasteiger partial charge is 0.0952 e. The van der Waals surface area contributed by atoms with Gasteiger partial charge in [-0.1, -0.05) is 113 Å². The van der Waals surface area contributed by atoms with Crippen LogP contribution in [-0.4, -0.2) is 0 Å². The van der Waals surface area contributed by atoms with E-state index in [1.165, 1.54) is 76.4 Å². The molecule has 0 aliphatic heterocycles. The molecular formula is C37H37Br. The molecule has 1 heteroatoms. The van der Waals surface area contributed by atoms with Crippen molar-refractivity contribution in [2.24, 2.45) is 0 Å². The molecule has 38 heavy (non-hydrogen) atoms. The summed E-state index contributed by atoms with van der Waals surface area (Å²) >= 11 is 3.60. The van der Waals surface area contributed by atoms with Crippen LogP contribution in [-0.2, 0) is 17.3 Å². The van der Waals surface area contributed by atoms with Gasteiger partial charge in [0, 0.05) is 4.47 Å². The van der Waals surface area contributed by atoms with Gasteiger partial charge in [-0.25, -0.2) is 0 Å². The summed E-state index contributed by atoms with van der Waals surface area (Å²) in [5.74, 6) is 0. The van der Waals surface area contributed by atoms with E-state index in [-0.39, 0.29) is 0 Å². The molecule has 2 bridgehead atoms. The predicted octanol–water partition coefficient (Wildman–Crippen LogP) is 10.6. The molecular weight excluding hydrogens is 524 g/mol. The zero-order valence-corrected chi connectivity index (χ0v) is 24.1. The predicted molar refractivity (Wildman–Crippen MR) is 166 cm³/mol. The summed E-state index contributed by atoms with van der Waals surface area (Å²) in [5.41, 5.74) is 11.6. The van der Waals surface area contributed by atoms with Crippen LogP contribution in [0.5, 0.6) is 0 Å². The van der Waals surface area contributed by atoms with Crippen molar-refractivity contribution in [3.8, 4) is 11.1 Å². The van der Waals surface area contributed by atoms with Crippen LogP contribution in [0.15, 0.2) is 108 Å². The van der Waals surface area contributed by atoms with E-state index in [2.05, 4.69) is 126 Å². The zero-order chi connectivity index (χ0) is 26.2. The molecule has 3 fully saturated rings. The molecule has 0 nitrogen and oxygen atoms in total. The molecule has 3 aliphatic rings. The second-order valence-corrected chi connectivity index (χ2v) is 12.7. The van der Waals surface area contributed by atoms with Crippen molar-refractivity contribution in [2.45, 2.75) is 69.1 Å². The van der Waals surface area contributed by atoms with E-state index in [9.17, 15) is 0 Å². The fourth-order valence-electron chi connectivity index (χ4n) is 6.96. The van der Waals surface area contributed by atoms with Gasteiger partial charge in [-0.3, -0.25) is 0 Å². The summed E-state index contributed by atoms with van der Waals surface area (Å²) in [5, 5.41) is 0. The highest BCUT2D eigenvalue weighted by Crippen LogP contribution is 2.58. The molecule has 3 aliphatic carbocycles. The van der Waals surface area contributed by atoms with Gasteiger partial charge >= 0.3 is 0 Å². The van der Waals surface area contributed by atoms with Crippen molar-refractivity contribution >= 4 is 21.5 Å². The molecule has 0 heterocycles. The van der Waals surface area contributed by atoms with Crippen molar-refractivity contribution in [3.63, 3.8) is 0 Å². The first-order chi connectivity index (χ1) is 18.4. The van der Waals surface area contributed by atoms with Crippen LogP contribution in [0.4, 0.5) is 0 Å². The Morgan fingerprint density at radius 2 is 1.08 bits per heavy atom. The van der Waals surface area contributed by atoms with Gasteiger partial charge in [-0.2, -0.15) is 0 Å². The highest BCUT2D eigenvalue weighted by molar-refractivity contribution is 9.10. The molecule has 4 aromatic carbocycles. The van der Waals surface area contributed by atoms with Crippen molar-refractivity contribution in [1.82, 2.24) is 0 Å². The van der Waals surface area contributed by atoms with Crippen molar-refractivity contribution < 1.29 is 0 Å². The average molecular weight is 562 g/mol. The van der Waals surface area contributed by atoms with E-state index in [0.29, 0.717) is 10.8 Å². The van der Waals surface area contributed by atoms with Crippen LogP contribution in [0.2, 0.25) is 0 Å². The molecule has 0 radical (unpaired) electrons. The third kappa shape index (κ3) is 4.94. The fraction of sp³-hybridized carbons (Fsp3) is 0.297. The van der Waals surface area contributed by atoms with Crippen LogP contribution in [0, 0.1) is 6.92 Å². The highest BCUT2D eigenvalue weighted by Gasteiger charge is 2.49. The number of halogens is 1. The highest BCUT2D eigenvalue weighted by atomic mass is 79.9. The molecule has 0 spiro atoms. The average Bonchev–Trinajstić information content (AvgIpc) is 2.98. The van der Waals surface area contributed by atoms with Crippen LogP contribution < -0.4 is 0 Å². The number of allylic oxidation sites excluding steroid dienone is 1. The maximum absolute atomic E-state index is 4.37. The van der Waals surface area contributed by atoms with Crippen LogP contribution in [0.25, 0.3) is 16.7 Å². The minimum atomic E-state index is 0.370. The molecule has 0 amide bonds. The summed E-state index contributed by atoms with van der Waals surface area (Å²) in [6.07, 6.45) is 9.88. The third-order valence-electron chi connectivity index (χ3n) is 9.66. The molecule has 0 unspecified atom stereocenters. The van der Waals surface area contributed by atoms with E-state index in [1.54, 1.807) is 11.1 Å². The van der Waals surface area contributed by atoms with Gasteiger partial charge in [-0.15, -0.1) is 0 Å². The Bertz CT molecular complexity index is 1380. The first-order valence-corrected chi connectivity index (χ1v) is 14.9. The van der Waals surface area contributed by atoms with Gasteiger partial charge in [0.2, 0.25) is 0 Å². The monoisotopic (exact) mass is 560 g/mol. The number of rotatable bonds is 7. The Labute approximate surface area is 237 Å². The minimum absolute atomic E-state index is 0.370. The number of hydrogen-bond donors (Lipinski definition) is 0. The zero-order valence-electron chi connectivity index (χ0n) is 22.5. The summed E-state index contributed by atoms with van der Waals surface area (Å²) in [7, 11) is 0. The van der Waals surface area contributed by atoms with Crippen molar-refractivity contribution in [2.75, 3.05) is 0 Å². The topological polar surface area (TPSA) is 0 Å². The maximum atomic E-state index is 4.37. The van der Waals surface area contributed by atoms with Crippen molar-refractivity contribution in [3.05, 3.63) is 136 Å². The van der Waals surface area contributed by atoms with E-state index < -0.39 is 0 Å². The van der Waals surface area contributed by atoms with Crippen LogP contribution >= 0.6 is 15.9 Å². The second kappa shape index (κ2) is 10.3. The lowest BCUT2D eigenvalue weighted by Crippen LogP contribution is -2.46. The van der Waals surface area contributed by atoms with E-state index in [0.717, 1.165) is 12.8 Å². The third-order valence-corrected chi connectivity index (χ3v) is 10.2. The van der Waals surface area contributed by atoms with Crippen molar-refractivity contribution in [1.29, 1.82) is 0 Å². The Morgan fingerprint density at radius 1 is 0.632 bits per heavy atom. The summed E-state index contributed by atoms with van der Waals surface area (Å²) in [6, 6.07) is 36.5. The first kappa shape index (κ1) is 25.4. The smallest absolute Gasteiger partial charge is 0.0175 e. The quantitative estimate of drug-likeness (QED) is 0.211. The van der Waals surface area contributed by atoms with Gasteiger partial charge < -0.3 is 0 Å². The molecule has 0 aromatic heterocycles. The van der Waals surface area contributed by atoms with Gasteiger partial charge in [0.25, 0.3) is 0 Å². The normalized spacial score (nSPS) is 22.4. The lowest BCUT2D eigenvalue weighted by molar-refractivity contribution is 0.102. The van der Waals surface area contributed by atoms with Gasteiger partial charge in [-0.05, 0) is 120 Å². The SMILES string of the molecule is C=C(CCc1ccc(C)cc1)c1ccc(-c2ccc(C34CCC(c5ccc(Br)cc5)(CC3)CC4)cc2)cc1. The van der Waals surface area contributed by atoms with E-state index in [1.807, 2.05) is 0 Å². The van der Waals surface area contributed by atoms with E-state index in [4.69, 9.17) is 0 Å². The molecule has 4 aromatic rings. The number of benzene rings is 4. The van der Waals surface area contributed by atoms with Crippen LogP contribution in [0.1, 0.15) is 72.8 Å². The molecule has 0 atom stereocenters. The second-order valence-electron chi connectivity index (χ2n) is 11.8. The molecule has 192 valence electrons. The van der Waals surface area contributed by atoms with Gasteiger partial charge in [0.1, 0.15) is 0 Å². The summed E-state index contributed by atoms with van der Waals surface area (Å²) in [6.45, 7) is 6.51. The Balaban J connectivity index is 1.10. The number of aryl methyl sites for hydroxylation is 2. The number of fused-ring (bicyclic) bond motifs is 3. The Morgan fingerprint density at radius 3 is 1.58 bits per heavy atom. The summed E-state index contributed by atoms with van der Waals surface area (Å²) < 4.78 is 1.18. The minimum Gasteiger partial charge on any atom is -0.0952 e. The number of hydrogen-bond acceptors (Lipinski definition) is 0. The molecule has 7 rings (SSSR count).